The average Bonchev–Trinajstić information content (AvgIpc) is 2.39. The first-order valence-corrected chi connectivity index (χ1v) is 8.85. The van der Waals surface area contributed by atoms with Crippen molar-refractivity contribution in [2.24, 2.45) is 5.92 Å². The summed E-state index contributed by atoms with van der Waals surface area (Å²) in [6, 6.07) is 0.789. The van der Waals surface area contributed by atoms with E-state index in [-0.39, 0.29) is 0 Å². The summed E-state index contributed by atoms with van der Waals surface area (Å²) in [5.74, 6) is 3.66. The van der Waals surface area contributed by atoms with E-state index in [0.29, 0.717) is 0 Å². The maximum atomic E-state index is 3.80. The van der Waals surface area contributed by atoms with Crippen LogP contribution in [-0.2, 0) is 0 Å². The second-order valence-corrected chi connectivity index (χ2v) is 6.54. The van der Waals surface area contributed by atoms with Crippen LogP contribution in [0.15, 0.2) is 0 Å². The summed E-state index contributed by atoms with van der Waals surface area (Å²) >= 11 is 2.17. The quantitative estimate of drug-likeness (QED) is 0.612. The maximum absolute atomic E-state index is 3.80. The summed E-state index contributed by atoms with van der Waals surface area (Å²) in [6.07, 6.45) is 11.3. The van der Waals surface area contributed by atoms with Gasteiger partial charge in [-0.3, -0.25) is 0 Å². The van der Waals surface area contributed by atoms with Crippen LogP contribution in [0.5, 0.6) is 0 Å². The summed E-state index contributed by atoms with van der Waals surface area (Å²) in [5, 5.41) is 3.80. The first-order chi connectivity index (χ1) is 8.38. The zero-order valence-corrected chi connectivity index (χ0v) is 12.7. The first kappa shape index (κ1) is 15.4. The third-order valence-corrected chi connectivity index (χ3v) is 4.99. The molecule has 102 valence electrons. The summed E-state index contributed by atoms with van der Waals surface area (Å²) in [7, 11) is 0. The summed E-state index contributed by atoms with van der Waals surface area (Å²) < 4.78 is 0. The Bertz CT molecular complexity index is 166. The molecule has 1 saturated carbocycles. The molecule has 1 atom stereocenters. The van der Waals surface area contributed by atoms with Gasteiger partial charge in [0, 0.05) is 11.8 Å². The molecule has 0 aromatic carbocycles. The van der Waals surface area contributed by atoms with Gasteiger partial charge < -0.3 is 5.32 Å². The molecule has 0 aliphatic heterocycles. The molecule has 0 heterocycles. The van der Waals surface area contributed by atoms with Crippen molar-refractivity contribution in [3.8, 4) is 0 Å². The lowest BCUT2D eigenvalue weighted by Gasteiger charge is -2.31. The lowest BCUT2D eigenvalue weighted by molar-refractivity contribution is 0.285. The Morgan fingerprint density at radius 1 is 1.12 bits per heavy atom. The van der Waals surface area contributed by atoms with E-state index >= 15 is 0 Å². The van der Waals surface area contributed by atoms with Gasteiger partial charge in [-0.15, -0.1) is 0 Å². The number of nitrogens with one attached hydrogen (secondary N) is 1. The largest absolute Gasteiger partial charge is 0.313 e. The van der Waals surface area contributed by atoms with E-state index < -0.39 is 0 Å². The SMILES string of the molecule is CCCCSCC(NCCC)C1CCCCC1. The minimum atomic E-state index is 0.789. The highest BCUT2D eigenvalue weighted by molar-refractivity contribution is 7.99. The van der Waals surface area contributed by atoms with E-state index in [2.05, 4.69) is 30.9 Å². The fourth-order valence-electron chi connectivity index (χ4n) is 2.68. The minimum absolute atomic E-state index is 0.789. The molecule has 1 N–H and O–H groups in total. The fraction of sp³-hybridized carbons (Fsp3) is 1.00. The molecule has 0 aromatic rings. The monoisotopic (exact) mass is 257 g/mol. The summed E-state index contributed by atoms with van der Waals surface area (Å²) in [5.41, 5.74) is 0. The fourth-order valence-corrected chi connectivity index (χ4v) is 3.99. The van der Waals surface area contributed by atoms with Crippen LogP contribution in [0.3, 0.4) is 0 Å². The van der Waals surface area contributed by atoms with E-state index in [0.717, 1.165) is 12.0 Å². The summed E-state index contributed by atoms with van der Waals surface area (Å²) in [6.45, 7) is 5.76. The van der Waals surface area contributed by atoms with E-state index in [1.165, 1.54) is 69.4 Å². The van der Waals surface area contributed by atoms with Gasteiger partial charge >= 0.3 is 0 Å². The van der Waals surface area contributed by atoms with Crippen molar-refractivity contribution < 1.29 is 0 Å². The van der Waals surface area contributed by atoms with Gasteiger partial charge in [-0.25, -0.2) is 0 Å². The summed E-state index contributed by atoms with van der Waals surface area (Å²) in [4.78, 5) is 0. The molecular formula is C15H31NS. The molecule has 17 heavy (non-hydrogen) atoms. The van der Waals surface area contributed by atoms with Gasteiger partial charge in [0.15, 0.2) is 0 Å². The molecule has 0 amide bonds. The highest BCUT2D eigenvalue weighted by Gasteiger charge is 2.22. The van der Waals surface area contributed by atoms with Crippen LogP contribution in [0.4, 0.5) is 0 Å². The first-order valence-electron chi connectivity index (χ1n) is 7.69. The molecule has 0 spiro atoms. The molecule has 0 bridgehead atoms. The van der Waals surface area contributed by atoms with Crippen LogP contribution in [0.2, 0.25) is 0 Å². The Balaban J connectivity index is 2.25. The Hall–Kier alpha value is 0.310. The third kappa shape index (κ3) is 6.71. The van der Waals surface area contributed by atoms with Crippen molar-refractivity contribution in [2.75, 3.05) is 18.1 Å². The van der Waals surface area contributed by atoms with Gasteiger partial charge in [-0.2, -0.15) is 11.8 Å². The highest BCUT2D eigenvalue weighted by atomic mass is 32.2. The Kier molecular flexibility index (Phi) is 9.27. The predicted octanol–water partition coefficient (Wildman–Crippen LogP) is 4.47. The van der Waals surface area contributed by atoms with Crippen molar-refractivity contribution in [2.45, 2.75) is 71.3 Å². The molecule has 0 saturated heterocycles. The zero-order valence-electron chi connectivity index (χ0n) is 11.8. The molecule has 1 fully saturated rings. The molecule has 2 heteroatoms. The standard InChI is InChI=1S/C15H31NS/c1-3-5-12-17-13-15(16-11-4-2)14-9-7-6-8-10-14/h14-16H,3-13H2,1-2H3. The highest BCUT2D eigenvalue weighted by Crippen LogP contribution is 2.28. The molecule has 1 nitrogen and oxygen atoms in total. The molecule has 1 aliphatic carbocycles. The Morgan fingerprint density at radius 3 is 2.53 bits per heavy atom. The van der Waals surface area contributed by atoms with Gasteiger partial charge in [-0.1, -0.05) is 39.5 Å². The lowest BCUT2D eigenvalue weighted by Crippen LogP contribution is -2.39. The van der Waals surface area contributed by atoms with Crippen LogP contribution in [0.1, 0.15) is 65.2 Å². The molecular weight excluding hydrogens is 226 g/mol. The molecule has 1 aliphatic rings. The third-order valence-electron chi connectivity index (χ3n) is 3.82. The van der Waals surface area contributed by atoms with Gasteiger partial charge in [0.1, 0.15) is 0 Å². The minimum Gasteiger partial charge on any atom is -0.313 e. The number of rotatable bonds is 9. The Morgan fingerprint density at radius 2 is 1.88 bits per heavy atom. The molecule has 0 radical (unpaired) electrons. The van der Waals surface area contributed by atoms with E-state index in [4.69, 9.17) is 0 Å². The number of hydrogen-bond donors (Lipinski definition) is 1. The van der Waals surface area contributed by atoms with Gasteiger partial charge in [0.05, 0.1) is 0 Å². The van der Waals surface area contributed by atoms with Gasteiger partial charge in [0.25, 0.3) is 0 Å². The van der Waals surface area contributed by atoms with Crippen LogP contribution in [-0.4, -0.2) is 24.1 Å². The molecule has 0 aromatic heterocycles. The second kappa shape index (κ2) is 10.3. The van der Waals surface area contributed by atoms with E-state index in [1.54, 1.807) is 0 Å². The van der Waals surface area contributed by atoms with Crippen molar-refractivity contribution >= 4 is 11.8 Å². The number of unbranched alkanes of at least 4 members (excludes halogenated alkanes) is 1. The molecule has 1 rings (SSSR count). The van der Waals surface area contributed by atoms with Crippen molar-refractivity contribution in [3.63, 3.8) is 0 Å². The number of thioether (sulfide) groups is 1. The predicted molar refractivity (Wildman–Crippen MR) is 80.9 cm³/mol. The van der Waals surface area contributed by atoms with Crippen LogP contribution < -0.4 is 5.32 Å². The van der Waals surface area contributed by atoms with Crippen molar-refractivity contribution in [3.05, 3.63) is 0 Å². The Labute approximate surface area is 113 Å². The zero-order chi connectivity index (χ0) is 12.3. The van der Waals surface area contributed by atoms with Crippen LogP contribution in [0, 0.1) is 5.92 Å². The molecule has 1 unspecified atom stereocenters. The second-order valence-electron chi connectivity index (χ2n) is 5.39. The van der Waals surface area contributed by atoms with Crippen molar-refractivity contribution in [1.29, 1.82) is 0 Å². The van der Waals surface area contributed by atoms with Gasteiger partial charge in [0.2, 0.25) is 0 Å². The van der Waals surface area contributed by atoms with Crippen LogP contribution >= 0.6 is 11.8 Å². The smallest absolute Gasteiger partial charge is 0.0186 e. The topological polar surface area (TPSA) is 12.0 Å². The van der Waals surface area contributed by atoms with E-state index in [1.807, 2.05) is 0 Å². The lowest BCUT2D eigenvalue weighted by atomic mass is 9.84. The number of hydrogen-bond acceptors (Lipinski definition) is 2. The van der Waals surface area contributed by atoms with Crippen LogP contribution in [0.25, 0.3) is 0 Å². The maximum Gasteiger partial charge on any atom is 0.0186 e. The normalized spacial score (nSPS) is 19.4. The average molecular weight is 257 g/mol. The van der Waals surface area contributed by atoms with Crippen molar-refractivity contribution in [1.82, 2.24) is 5.32 Å². The van der Waals surface area contributed by atoms with Gasteiger partial charge in [-0.05, 0) is 43.9 Å². The van der Waals surface area contributed by atoms with E-state index in [9.17, 15) is 0 Å².